The molecule has 3 rings (SSSR count). The van der Waals surface area contributed by atoms with E-state index < -0.39 is 10.0 Å². The van der Waals surface area contributed by atoms with Gasteiger partial charge in [0.25, 0.3) is 0 Å². The van der Waals surface area contributed by atoms with Gasteiger partial charge in [-0.3, -0.25) is 4.79 Å². The van der Waals surface area contributed by atoms with E-state index in [1.165, 1.54) is 19.0 Å². The van der Waals surface area contributed by atoms with Gasteiger partial charge in [-0.15, -0.1) is 0 Å². The first kappa shape index (κ1) is 25.0. The first-order valence-corrected chi connectivity index (χ1v) is 11.2. The van der Waals surface area contributed by atoms with Crippen LogP contribution in [0.25, 0.3) is 11.0 Å². The third-order valence-corrected chi connectivity index (χ3v) is 6.24. The zero-order valence-electron chi connectivity index (χ0n) is 18.4. The second kappa shape index (κ2) is 10.4. The van der Waals surface area contributed by atoms with E-state index in [-0.39, 0.29) is 10.6 Å². The summed E-state index contributed by atoms with van der Waals surface area (Å²) in [6.45, 7) is 1.85. The molecule has 12 heteroatoms. The lowest BCUT2D eigenvalue weighted by atomic mass is 10.2. The van der Waals surface area contributed by atoms with E-state index in [0.717, 1.165) is 16.3 Å². The van der Waals surface area contributed by atoms with Crippen LogP contribution >= 0.6 is 12.2 Å². The topological polar surface area (TPSA) is 130 Å². The van der Waals surface area contributed by atoms with Gasteiger partial charge in [-0.05, 0) is 55.0 Å². The van der Waals surface area contributed by atoms with Crippen molar-refractivity contribution < 1.29 is 13.2 Å². The zero-order chi connectivity index (χ0) is 24.1. The number of aryl methyl sites for hydroxylation is 1. The Labute approximate surface area is 191 Å². The first-order valence-electron chi connectivity index (χ1n) is 9.39. The molecule has 10 nitrogen and oxygen atoms in total. The summed E-state index contributed by atoms with van der Waals surface area (Å²) in [4.78, 5) is 27.7. The smallest absolute Gasteiger partial charge is 0.323 e. The molecule has 0 aliphatic rings. The number of amides is 1. The summed E-state index contributed by atoms with van der Waals surface area (Å²) in [5.41, 5.74) is 3.20. The number of rotatable bonds is 5. The number of carbonyl (C=O) groups excluding carboxylic acids is 1. The van der Waals surface area contributed by atoms with Crippen molar-refractivity contribution in [3.8, 4) is 0 Å². The largest absolute Gasteiger partial charge is 0.351 e. The number of aromatic amines is 2. The number of thiocarbonyl (C=S) groups is 1. The maximum absolute atomic E-state index is 12.3. The van der Waals surface area contributed by atoms with Crippen LogP contribution in [-0.4, -0.2) is 67.3 Å². The summed E-state index contributed by atoms with van der Waals surface area (Å²) in [5.74, 6) is 0. The lowest BCUT2D eigenvalue weighted by Gasteiger charge is -2.16. The Kier molecular flexibility index (Phi) is 8.14. The number of nitrogens with one attached hydrogen (secondary N) is 4. The summed E-state index contributed by atoms with van der Waals surface area (Å²) in [6.07, 6.45) is 0.750. The Morgan fingerprint density at radius 3 is 2.22 bits per heavy atom. The number of aromatic nitrogens is 2. The van der Waals surface area contributed by atoms with Crippen LogP contribution in [0.4, 0.5) is 11.4 Å². The lowest BCUT2D eigenvalue weighted by Crippen LogP contribution is -2.23. The predicted molar refractivity (Wildman–Crippen MR) is 131 cm³/mol. The number of fused-ring (bicyclic) bond motifs is 1. The van der Waals surface area contributed by atoms with Crippen LogP contribution in [-0.2, 0) is 14.8 Å². The van der Waals surface area contributed by atoms with Crippen molar-refractivity contribution in [2.45, 2.75) is 11.8 Å². The van der Waals surface area contributed by atoms with Gasteiger partial charge in [-0.25, -0.2) is 17.5 Å². The number of hydrogen-bond donors (Lipinski definition) is 4. The fourth-order valence-corrected chi connectivity index (χ4v) is 3.66. The Morgan fingerprint density at radius 1 is 1.00 bits per heavy atom. The highest BCUT2D eigenvalue weighted by Gasteiger charge is 2.18. The molecule has 0 spiro atoms. The lowest BCUT2D eigenvalue weighted by molar-refractivity contribution is -0.115. The highest BCUT2D eigenvalue weighted by atomic mass is 32.2. The molecule has 4 N–H and O–H groups in total. The Hall–Kier alpha value is -3.22. The summed E-state index contributed by atoms with van der Waals surface area (Å²) in [6, 6.07) is 10.1. The minimum absolute atomic E-state index is 0.176. The molecule has 32 heavy (non-hydrogen) atoms. The Balaban J connectivity index is 0.000000654. The molecule has 0 fully saturated rings. The molecule has 0 bridgehead atoms. The van der Waals surface area contributed by atoms with Gasteiger partial charge >= 0.3 is 5.69 Å². The molecule has 0 unspecified atom stereocenters. The summed E-state index contributed by atoms with van der Waals surface area (Å²) in [7, 11) is 2.80. The molecule has 2 aromatic carbocycles. The number of anilines is 2. The first-order chi connectivity index (χ1) is 14.9. The number of hydrogen-bond acceptors (Lipinski definition) is 5. The van der Waals surface area contributed by atoms with Gasteiger partial charge in [0.15, 0.2) is 5.11 Å². The van der Waals surface area contributed by atoms with Crippen molar-refractivity contribution in [1.29, 1.82) is 0 Å². The van der Waals surface area contributed by atoms with Crippen LogP contribution in [0.1, 0.15) is 5.56 Å². The molecule has 0 atom stereocenters. The number of benzene rings is 2. The molecule has 1 aromatic heterocycles. The van der Waals surface area contributed by atoms with Crippen molar-refractivity contribution in [3.05, 3.63) is 52.4 Å². The zero-order valence-corrected chi connectivity index (χ0v) is 20.0. The number of H-pyrrole nitrogens is 2. The van der Waals surface area contributed by atoms with Crippen molar-refractivity contribution in [2.24, 2.45) is 0 Å². The van der Waals surface area contributed by atoms with Gasteiger partial charge in [-0.2, -0.15) is 0 Å². The average Bonchev–Trinajstić information content (AvgIpc) is 3.09. The third kappa shape index (κ3) is 6.39. The van der Waals surface area contributed by atoms with Crippen LogP contribution in [0.3, 0.4) is 0 Å². The second-order valence-electron chi connectivity index (χ2n) is 7.25. The van der Waals surface area contributed by atoms with Gasteiger partial charge in [0, 0.05) is 39.6 Å². The van der Waals surface area contributed by atoms with Crippen LogP contribution in [0, 0.1) is 6.92 Å². The number of imidazole rings is 1. The van der Waals surface area contributed by atoms with E-state index in [4.69, 9.17) is 12.2 Å². The maximum atomic E-state index is 12.3. The highest BCUT2D eigenvalue weighted by molar-refractivity contribution is 7.89. The molecule has 0 saturated heterocycles. The molecule has 0 saturated carbocycles. The Bertz CT molecular complexity index is 1280. The van der Waals surface area contributed by atoms with E-state index in [2.05, 4.69) is 20.6 Å². The van der Waals surface area contributed by atoms with Crippen molar-refractivity contribution in [2.75, 3.05) is 38.8 Å². The summed E-state index contributed by atoms with van der Waals surface area (Å²) in [5, 5.41) is 6.35. The molecule has 0 radical (unpaired) electrons. The van der Waals surface area contributed by atoms with E-state index in [9.17, 15) is 18.0 Å². The van der Waals surface area contributed by atoms with Crippen LogP contribution in [0.5, 0.6) is 0 Å². The number of nitrogens with zero attached hydrogens (tertiary/aromatic N) is 2. The molecule has 1 heterocycles. The summed E-state index contributed by atoms with van der Waals surface area (Å²) < 4.78 is 25.8. The SMILES string of the molecule is CN(C)C=O.Cc1ccc(S(=O)(=O)N(C)C)cc1NC(=S)Nc1ccc2[nH]c(=O)[nH]c2c1. The molecular weight excluding hydrogens is 452 g/mol. The quantitative estimate of drug-likeness (QED) is 0.326. The van der Waals surface area contributed by atoms with Gasteiger partial charge in [0.05, 0.1) is 15.9 Å². The summed E-state index contributed by atoms with van der Waals surface area (Å²) >= 11 is 5.33. The van der Waals surface area contributed by atoms with Gasteiger partial charge in [-0.1, -0.05) is 6.07 Å². The fraction of sp³-hybridized carbons (Fsp3) is 0.250. The Morgan fingerprint density at radius 2 is 1.62 bits per heavy atom. The van der Waals surface area contributed by atoms with E-state index >= 15 is 0 Å². The molecule has 0 aliphatic heterocycles. The van der Waals surface area contributed by atoms with E-state index in [1.54, 1.807) is 50.5 Å². The van der Waals surface area contributed by atoms with Crippen molar-refractivity contribution in [1.82, 2.24) is 19.2 Å². The van der Waals surface area contributed by atoms with Crippen LogP contribution in [0.2, 0.25) is 0 Å². The fourth-order valence-electron chi connectivity index (χ4n) is 2.50. The number of sulfonamides is 1. The van der Waals surface area contributed by atoms with E-state index in [1.807, 2.05) is 6.92 Å². The van der Waals surface area contributed by atoms with Gasteiger partial charge < -0.3 is 25.5 Å². The molecular formula is C20H26N6O4S2. The third-order valence-electron chi connectivity index (χ3n) is 4.22. The normalized spacial score (nSPS) is 10.9. The highest BCUT2D eigenvalue weighted by Crippen LogP contribution is 2.22. The molecule has 3 aromatic rings. The number of carbonyl (C=O) groups is 1. The van der Waals surface area contributed by atoms with Gasteiger partial charge in [0.1, 0.15) is 0 Å². The molecule has 0 aliphatic carbocycles. The monoisotopic (exact) mass is 478 g/mol. The van der Waals surface area contributed by atoms with Gasteiger partial charge in [0.2, 0.25) is 16.4 Å². The maximum Gasteiger partial charge on any atom is 0.323 e. The minimum Gasteiger partial charge on any atom is -0.351 e. The average molecular weight is 479 g/mol. The molecule has 172 valence electrons. The predicted octanol–water partition coefficient (Wildman–Crippen LogP) is 1.93. The molecule has 1 amide bonds. The van der Waals surface area contributed by atoms with E-state index in [0.29, 0.717) is 27.5 Å². The standard InChI is InChI=1S/C17H19N5O3S2.C3H7NO/c1-10-4-6-12(27(24,25)22(2)3)9-14(10)21-17(26)18-11-5-7-13-15(8-11)20-16(23)19-13;1-4(2)3-5/h4-9H,1-3H3,(H2,18,21,26)(H2,19,20,23);3H,1-2H3. The second-order valence-corrected chi connectivity index (χ2v) is 9.81. The van der Waals surface area contributed by atoms with Crippen LogP contribution in [0.15, 0.2) is 46.1 Å². The minimum atomic E-state index is -3.54. The van der Waals surface area contributed by atoms with Crippen molar-refractivity contribution >= 4 is 56.2 Å². The van der Waals surface area contributed by atoms with Crippen molar-refractivity contribution in [3.63, 3.8) is 0 Å². The van der Waals surface area contributed by atoms with Crippen LogP contribution < -0.4 is 16.3 Å².